The minimum Gasteiger partial charge on any atom is -0.393 e. The molecule has 135 valence electrons. The molecular formula is C21H21BrFN2O. The van der Waals surface area contributed by atoms with Crippen LogP contribution in [0.15, 0.2) is 40.9 Å². The van der Waals surface area contributed by atoms with E-state index < -0.39 is 0 Å². The lowest BCUT2D eigenvalue weighted by Crippen LogP contribution is -2.18. The minimum atomic E-state index is -0.257. The van der Waals surface area contributed by atoms with Crippen molar-refractivity contribution < 1.29 is 9.50 Å². The summed E-state index contributed by atoms with van der Waals surface area (Å²) >= 11 is 3.38. The number of fused-ring (bicyclic) bond motifs is 1. The molecule has 0 amide bonds. The zero-order chi connectivity index (χ0) is 18.3. The smallest absolute Gasteiger partial charge is 0.124 e. The van der Waals surface area contributed by atoms with E-state index in [1.165, 1.54) is 6.07 Å². The molecule has 0 bridgehead atoms. The lowest BCUT2D eigenvalue weighted by Gasteiger charge is -2.24. The fraction of sp³-hybridized carbons (Fsp3) is 0.381. The van der Waals surface area contributed by atoms with Gasteiger partial charge in [0.25, 0.3) is 0 Å². The number of benzene rings is 2. The number of nitrogens with zero attached hydrogens (tertiary/aromatic N) is 2. The lowest BCUT2D eigenvalue weighted by atomic mass is 9.84. The van der Waals surface area contributed by atoms with E-state index in [1.807, 2.05) is 35.9 Å². The van der Waals surface area contributed by atoms with Crippen molar-refractivity contribution in [3.05, 3.63) is 64.0 Å². The fourth-order valence-corrected chi connectivity index (χ4v) is 4.44. The van der Waals surface area contributed by atoms with Crippen LogP contribution in [0.3, 0.4) is 0 Å². The average Bonchev–Trinajstić information content (AvgIpc) is 3.01. The zero-order valence-electron chi connectivity index (χ0n) is 14.6. The number of aliphatic hydroxyl groups is 1. The molecule has 2 aromatic carbocycles. The summed E-state index contributed by atoms with van der Waals surface area (Å²) in [5, 5.41) is 15.9. The molecule has 1 aliphatic carbocycles. The van der Waals surface area contributed by atoms with E-state index in [1.54, 1.807) is 6.07 Å². The molecule has 0 saturated heterocycles. The Kier molecular flexibility index (Phi) is 4.84. The summed E-state index contributed by atoms with van der Waals surface area (Å²) in [7, 11) is 0. The van der Waals surface area contributed by atoms with Crippen molar-refractivity contribution in [2.24, 2.45) is 0 Å². The molecular weight excluding hydrogens is 395 g/mol. The van der Waals surface area contributed by atoms with Crippen molar-refractivity contribution in [3.63, 3.8) is 0 Å². The quantitative estimate of drug-likeness (QED) is 0.624. The van der Waals surface area contributed by atoms with Gasteiger partial charge in [0.05, 0.1) is 23.4 Å². The van der Waals surface area contributed by atoms with Crippen LogP contribution in [0, 0.1) is 11.9 Å². The van der Waals surface area contributed by atoms with Gasteiger partial charge in [-0.3, -0.25) is 4.68 Å². The number of aliphatic hydroxyl groups excluding tert-OH is 1. The normalized spacial score (nSPS) is 21.8. The summed E-state index contributed by atoms with van der Waals surface area (Å²) in [6.45, 7) is 2.04. The summed E-state index contributed by atoms with van der Waals surface area (Å²) in [4.78, 5) is 0. The molecule has 1 atom stereocenters. The van der Waals surface area contributed by atoms with Gasteiger partial charge in [-0.25, -0.2) is 4.39 Å². The van der Waals surface area contributed by atoms with Gasteiger partial charge >= 0.3 is 0 Å². The second kappa shape index (κ2) is 7.12. The van der Waals surface area contributed by atoms with Gasteiger partial charge in [0.1, 0.15) is 5.82 Å². The molecule has 1 radical (unpaired) electrons. The van der Waals surface area contributed by atoms with Crippen LogP contribution in [0.1, 0.15) is 55.8 Å². The Labute approximate surface area is 161 Å². The van der Waals surface area contributed by atoms with Crippen LogP contribution in [-0.4, -0.2) is 21.0 Å². The van der Waals surface area contributed by atoms with Gasteiger partial charge in [-0.1, -0.05) is 22.0 Å². The maximum Gasteiger partial charge on any atom is 0.124 e. The van der Waals surface area contributed by atoms with Crippen molar-refractivity contribution in [2.45, 2.75) is 50.7 Å². The fourth-order valence-electron chi connectivity index (χ4n) is 3.95. The van der Waals surface area contributed by atoms with E-state index in [-0.39, 0.29) is 18.0 Å². The number of hydrogen-bond acceptors (Lipinski definition) is 2. The van der Waals surface area contributed by atoms with Crippen LogP contribution in [0.4, 0.5) is 4.39 Å². The number of hydrogen-bond donors (Lipinski definition) is 1. The van der Waals surface area contributed by atoms with E-state index in [9.17, 15) is 9.50 Å². The highest BCUT2D eigenvalue weighted by Crippen LogP contribution is 2.37. The van der Waals surface area contributed by atoms with Crippen molar-refractivity contribution >= 4 is 26.8 Å². The second-order valence-electron chi connectivity index (χ2n) is 7.16. The Morgan fingerprint density at radius 3 is 2.77 bits per heavy atom. The van der Waals surface area contributed by atoms with Gasteiger partial charge < -0.3 is 5.11 Å². The first-order valence-electron chi connectivity index (χ1n) is 9.05. The first-order valence-corrected chi connectivity index (χ1v) is 9.84. The molecule has 1 fully saturated rings. The van der Waals surface area contributed by atoms with E-state index in [2.05, 4.69) is 22.0 Å². The summed E-state index contributed by atoms with van der Waals surface area (Å²) in [5.74, 6) is 0.0944. The molecule has 0 aliphatic heterocycles. The molecule has 1 unspecified atom stereocenters. The molecule has 1 N–H and O–H groups in total. The molecule has 0 spiro atoms. The highest BCUT2D eigenvalue weighted by Gasteiger charge is 2.26. The second-order valence-corrected chi connectivity index (χ2v) is 8.07. The van der Waals surface area contributed by atoms with E-state index in [4.69, 9.17) is 5.10 Å². The van der Waals surface area contributed by atoms with Crippen LogP contribution >= 0.6 is 15.9 Å². The third-order valence-electron chi connectivity index (χ3n) is 5.40. The largest absolute Gasteiger partial charge is 0.393 e. The topological polar surface area (TPSA) is 38.0 Å². The van der Waals surface area contributed by atoms with Crippen LogP contribution in [0.2, 0.25) is 0 Å². The van der Waals surface area contributed by atoms with Crippen LogP contribution in [0.5, 0.6) is 0 Å². The van der Waals surface area contributed by atoms with Gasteiger partial charge in [-0.05, 0) is 74.6 Å². The zero-order valence-corrected chi connectivity index (χ0v) is 16.2. The van der Waals surface area contributed by atoms with Crippen molar-refractivity contribution in [2.75, 3.05) is 0 Å². The maximum absolute atomic E-state index is 13.9. The Balaban J connectivity index is 1.78. The minimum absolute atomic E-state index is 0.0881. The molecule has 5 heteroatoms. The SMILES string of the molecule is CC(c1cc(F)cc(Br)c1)n1nc(C2CCC(O)CC2)c2c[c]ccc21. The Hall–Kier alpha value is -1.72. The first-order chi connectivity index (χ1) is 12.5. The Bertz CT molecular complexity index is 911. The molecule has 26 heavy (non-hydrogen) atoms. The first kappa shape index (κ1) is 17.7. The van der Waals surface area contributed by atoms with Crippen LogP contribution in [-0.2, 0) is 0 Å². The number of halogens is 2. The van der Waals surface area contributed by atoms with Crippen molar-refractivity contribution in [1.29, 1.82) is 0 Å². The summed E-state index contributed by atoms with van der Waals surface area (Å²) in [6.07, 6.45) is 3.35. The molecule has 1 aliphatic rings. The van der Waals surface area contributed by atoms with E-state index >= 15 is 0 Å². The lowest BCUT2D eigenvalue weighted by molar-refractivity contribution is 0.122. The molecule has 1 heterocycles. The van der Waals surface area contributed by atoms with Gasteiger partial charge in [-0.15, -0.1) is 0 Å². The van der Waals surface area contributed by atoms with Gasteiger partial charge in [0, 0.05) is 15.8 Å². The van der Waals surface area contributed by atoms with E-state index in [0.717, 1.165) is 52.3 Å². The predicted molar refractivity (Wildman–Crippen MR) is 104 cm³/mol. The summed E-state index contributed by atoms with van der Waals surface area (Å²) in [5.41, 5.74) is 2.99. The Morgan fingerprint density at radius 1 is 1.27 bits per heavy atom. The third kappa shape index (κ3) is 3.30. The van der Waals surface area contributed by atoms with E-state index in [0.29, 0.717) is 5.92 Å². The standard InChI is InChI=1S/C21H21BrFN2O/c1-13(15-10-16(22)12-17(23)11-15)25-20-5-3-2-4-19(20)21(24-25)14-6-8-18(26)9-7-14/h3-5,10-14,18,26H,6-9H2,1H3. The molecule has 4 rings (SSSR count). The third-order valence-corrected chi connectivity index (χ3v) is 5.85. The monoisotopic (exact) mass is 415 g/mol. The summed E-state index contributed by atoms with van der Waals surface area (Å²) < 4.78 is 16.6. The van der Waals surface area contributed by atoms with Crippen LogP contribution < -0.4 is 0 Å². The highest BCUT2D eigenvalue weighted by atomic mass is 79.9. The summed E-state index contributed by atoms with van der Waals surface area (Å²) in [6, 6.07) is 13.9. The molecule has 1 aromatic heterocycles. The predicted octanol–water partition coefficient (Wildman–Crippen LogP) is 5.37. The maximum atomic E-state index is 13.9. The number of aromatic nitrogens is 2. The van der Waals surface area contributed by atoms with Crippen molar-refractivity contribution in [3.8, 4) is 0 Å². The number of rotatable bonds is 3. The van der Waals surface area contributed by atoms with Gasteiger partial charge in [-0.2, -0.15) is 5.10 Å². The van der Waals surface area contributed by atoms with Crippen LogP contribution in [0.25, 0.3) is 10.9 Å². The van der Waals surface area contributed by atoms with Gasteiger partial charge in [0.15, 0.2) is 0 Å². The molecule has 1 saturated carbocycles. The highest BCUT2D eigenvalue weighted by molar-refractivity contribution is 9.10. The molecule has 3 aromatic rings. The average molecular weight is 416 g/mol. The molecule has 3 nitrogen and oxygen atoms in total. The Morgan fingerprint density at radius 2 is 2.04 bits per heavy atom. The van der Waals surface area contributed by atoms with Gasteiger partial charge in [0.2, 0.25) is 0 Å². The van der Waals surface area contributed by atoms with Crippen molar-refractivity contribution in [1.82, 2.24) is 9.78 Å².